The highest BCUT2D eigenvalue weighted by Crippen LogP contribution is 2.42. The summed E-state index contributed by atoms with van der Waals surface area (Å²) in [5, 5.41) is 22.3. The summed E-state index contributed by atoms with van der Waals surface area (Å²) in [6.07, 6.45) is 3.67. The second-order valence-corrected chi connectivity index (χ2v) is 9.27. The Morgan fingerprint density at radius 1 is 1.15 bits per heavy atom. The number of hydrogen-bond donors (Lipinski definition) is 1. The molecule has 0 fully saturated rings. The number of dihydropyridines is 1. The van der Waals surface area contributed by atoms with Crippen LogP contribution in [0.15, 0.2) is 77.3 Å². The maximum absolute atomic E-state index is 13.0. The number of non-ortho nitro benzene ring substituents is 1. The van der Waals surface area contributed by atoms with Gasteiger partial charge in [0.1, 0.15) is 18.1 Å². The summed E-state index contributed by atoms with van der Waals surface area (Å²) in [6, 6.07) is 13.3. The molecule has 1 aromatic heterocycles. The van der Waals surface area contributed by atoms with Gasteiger partial charge in [0.15, 0.2) is 5.78 Å². The molecule has 0 spiro atoms. The number of allylic oxidation sites excluding steroid dienone is 3. The lowest BCUT2D eigenvalue weighted by Crippen LogP contribution is -2.34. The monoisotopic (exact) mass is 529 g/mol. The van der Waals surface area contributed by atoms with E-state index in [2.05, 4.69) is 15.6 Å². The lowest BCUT2D eigenvalue weighted by atomic mass is 9.75. The zero-order chi connectivity index (χ0) is 27.5. The summed E-state index contributed by atoms with van der Waals surface area (Å²) < 4.78 is 12.8. The van der Waals surface area contributed by atoms with Crippen molar-refractivity contribution in [3.63, 3.8) is 0 Å². The lowest BCUT2D eigenvalue weighted by Gasteiger charge is -2.34. The van der Waals surface area contributed by atoms with Crippen molar-refractivity contribution in [1.82, 2.24) is 20.3 Å². The van der Waals surface area contributed by atoms with Gasteiger partial charge >= 0.3 is 5.97 Å². The van der Waals surface area contributed by atoms with Gasteiger partial charge in [0.05, 0.1) is 29.0 Å². The molecule has 1 atom stereocenters. The molecular formula is C28H27N5O6. The minimum atomic E-state index is -0.510. The number of hydrogen-bond acceptors (Lipinski definition) is 9. The zero-order valence-electron chi connectivity index (χ0n) is 21.5. The number of benzene rings is 2. The molecule has 0 saturated carbocycles. The van der Waals surface area contributed by atoms with Crippen LogP contribution in [-0.4, -0.2) is 38.3 Å². The van der Waals surface area contributed by atoms with Crippen molar-refractivity contribution < 1.29 is 24.0 Å². The number of aromatic nitrogens is 3. The van der Waals surface area contributed by atoms with Crippen molar-refractivity contribution in [2.24, 2.45) is 0 Å². The van der Waals surface area contributed by atoms with Crippen molar-refractivity contribution >= 4 is 17.4 Å². The highest BCUT2D eigenvalue weighted by molar-refractivity contribution is 6.03. The highest BCUT2D eigenvalue weighted by atomic mass is 16.6. The summed E-state index contributed by atoms with van der Waals surface area (Å²) >= 11 is 0. The molecule has 5 rings (SSSR count). The van der Waals surface area contributed by atoms with Crippen LogP contribution in [-0.2, 0) is 20.9 Å². The molecule has 1 aliphatic heterocycles. The van der Waals surface area contributed by atoms with E-state index in [0.717, 1.165) is 24.1 Å². The minimum Gasteiger partial charge on any atom is -0.487 e. The van der Waals surface area contributed by atoms with Crippen LogP contribution in [0, 0.1) is 10.1 Å². The predicted octanol–water partition coefficient (Wildman–Crippen LogP) is 4.29. The molecule has 0 amide bonds. The van der Waals surface area contributed by atoms with Gasteiger partial charge in [0, 0.05) is 41.4 Å². The van der Waals surface area contributed by atoms with Gasteiger partial charge in [-0.2, -0.15) is 0 Å². The Balaban J connectivity index is 1.33. The second-order valence-electron chi connectivity index (χ2n) is 9.27. The lowest BCUT2D eigenvalue weighted by molar-refractivity contribution is -0.384. The fourth-order valence-corrected chi connectivity index (χ4v) is 4.93. The Morgan fingerprint density at radius 2 is 1.90 bits per heavy atom. The Hall–Kier alpha value is -4.80. The maximum Gasteiger partial charge on any atom is 0.336 e. The van der Waals surface area contributed by atoms with Gasteiger partial charge in [-0.3, -0.25) is 14.9 Å². The summed E-state index contributed by atoms with van der Waals surface area (Å²) in [6.45, 7) is 3.99. The van der Waals surface area contributed by atoms with E-state index in [9.17, 15) is 19.7 Å². The van der Waals surface area contributed by atoms with Crippen LogP contribution in [0.25, 0.3) is 5.69 Å². The summed E-state index contributed by atoms with van der Waals surface area (Å²) in [7, 11) is 0. The van der Waals surface area contributed by atoms with Crippen LogP contribution >= 0.6 is 0 Å². The van der Waals surface area contributed by atoms with Gasteiger partial charge in [-0.25, -0.2) is 9.48 Å². The molecule has 1 aliphatic carbocycles. The number of carbonyl (C=O) groups is 2. The third-order valence-corrected chi connectivity index (χ3v) is 6.74. The summed E-state index contributed by atoms with van der Waals surface area (Å²) in [5.41, 5.74) is 4.66. The van der Waals surface area contributed by atoms with E-state index in [1.165, 1.54) is 16.8 Å². The van der Waals surface area contributed by atoms with Gasteiger partial charge < -0.3 is 14.8 Å². The van der Waals surface area contributed by atoms with Crippen molar-refractivity contribution in [1.29, 1.82) is 0 Å². The molecule has 200 valence electrons. The first-order valence-electron chi connectivity index (χ1n) is 12.7. The largest absolute Gasteiger partial charge is 0.487 e. The third-order valence-electron chi connectivity index (χ3n) is 6.74. The molecule has 3 aromatic rings. The van der Waals surface area contributed by atoms with Crippen molar-refractivity contribution in [3.05, 3.63) is 98.6 Å². The molecule has 0 bridgehead atoms. The van der Waals surface area contributed by atoms with Crippen molar-refractivity contribution in [2.45, 2.75) is 45.6 Å². The van der Waals surface area contributed by atoms with Crippen LogP contribution < -0.4 is 10.1 Å². The third kappa shape index (κ3) is 5.28. The molecule has 2 heterocycles. The maximum atomic E-state index is 13.0. The number of nitro benzene ring substituents is 1. The van der Waals surface area contributed by atoms with E-state index in [-0.39, 0.29) is 24.7 Å². The Morgan fingerprint density at radius 3 is 2.59 bits per heavy atom. The first kappa shape index (κ1) is 25.8. The molecule has 0 saturated heterocycles. The smallest absolute Gasteiger partial charge is 0.336 e. The minimum absolute atomic E-state index is 0.00393. The van der Waals surface area contributed by atoms with E-state index in [4.69, 9.17) is 9.47 Å². The number of ether oxygens (including phenoxy) is 2. The van der Waals surface area contributed by atoms with Crippen LogP contribution in [0.3, 0.4) is 0 Å². The van der Waals surface area contributed by atoms with Crippen LogP contribution in [0.1, 0.15) is 50.3 Å². The SMILES string of the molecule is CCOC(=O)C1=C(C)NC2=C(C(=O)CCC2)C1c1ccc(OCc2cn(-c3ccc([N+](=O)[O-])cc3)nn2)cc1. The standard InChI is InChI=1S/C28H27N5O6/c1-3-38-28(35)25-17(2)29-23-5-4-6-24(34)27(23)26(25)18-7-13-22(14-8-18)39-16-19-15-32(31-30-19)20-9-11-21(12-10-20)33(36)37/h7-15,26,29H,3-6,16H2,1-2H3. The zero-order valence-corrected chi connectivity index (χ0v) is 21.5. The number of nitrogens with one attached hydrogen (secondary N) is 1. The number of ketones is 1. The number of carbonyl (C=O) groups excluding carboxylic acids is 2. The number of nitro groups is 1. The highest BCUT2D eigenvalue weighted by Gasteiger charge is 2.39. The van der Waals surface area contributed by atoms with E-state index >= 15 is 0 Å². The first-order chi connectivity index (χ1) is 18.9. The second kappa shape index (κ2) is 10.9. The number of Topliss-reactive ketones (excluding diaryl/α,β-unsaturated/α-hetero) is 1. The number of esters is 1. The van der Waals surface area contributed by atoms with Gasteiger partial charge in [-0.05, 0) is 56.5 Å². The fraction of sp³-hybridized carbons (Fsp3) is 0.286. The average Bonchev–Trinajstić information content (AvgIpc) is 3.41. The van der Waals surface area contributed by atoms with Crippen LogP contribution in [0.4, 0.5) is 5.69 Å². The van der Waals surface area contributed by atoms with E-state index < -0.39 is 16.8 Å². The van der Waals surface area contributed by atoms with Crippen molar-refractivity contribution in [3.8, 4) is 11.4 Å². The van der Waals surface area contributed by atoms with Gasteiger partial charge in [-0.1, -0.05) is 17.3 Å². The molecule has 1 N–H and O–H groups in total. The van der Waals surface area contributed by atoms with E-state index in [0.29, 0.717) is 40.4 Å². The number of nitrogens with zero attached hydrogens (tertiary/aromatic N) is 4. The average molecular weight is 530 g/mol. The topological polar surface area (TPSA) is 138 Å². The Labute approximate surface area is 224 Å². The van der Waals surface area contributed by atoms with Crippen molar-refractivity contribution in [2.75, 3.05) is 6.61 Å². The van der Waals surface area contributed by atoms with E-state index in [1.54, 1.807) is 37.4 Å². The Bertz CT molecular complexity index is 1490. The molecule has 0 radical (unpaired) electrons. The molecule has 2 aromatic carbocycles. The van der Waals surface area contributed by atoms with E-state index in [1.807, 2.05) is 19.1 Å². The quantitative estimate of drug-likeness (QED) is 0.257. The normalized spacial score (nSPS) is 17.0. The van der Waals surface area contributed by atoms with Crippen LogP contribution in [0.2, 0.25) is 0 Å². The fourth-order valence-electron chi connectivity index (χ4n) is 4.93. The molecule has 11 heteroatoms. The Kier molecular flexibility index (Phi) is 7.22. The molecule has 2 aliphatic rings. The predicted molar refractivity (Wildman–Crippen MR) is 140 cm³/mol. The molecule has 39 heavy (non-hydrogen) atoms. The van der Waals surface area contributed by atoms with Crippen LogP contribution in [0.5, 0.6) is 5.75 Å². The molecule has 1 unspecified atom stereocenters. The number of rotatable bonds is 8. The summed E-state index contributed by atoms with van der Waals surface area (Å²) in [5.74, 6) is -0.322. The summed E-state index contributed by atoms with van der Waals surface area (Å²) in [4.78, 5) is 36.3. The van der Waals surface area contributed by atoms with Gasteiger partial charge in [0.25, 0.3) is 5.69 Å². The molecular weight excluding hydrogens is 502 g/mol. The van der Waals surface area contributed by atoms with Gasteiger partial charge in [0.2, 0.25) is 0 Å². The molecule has 11 nitrogen and oxygen atoms in total. The first-order valence-corrected chi connectivity index (χ1v) is 12.7. The van der Waals surface area contributed by atoms with Gasteiger partial charge in [-0.15, -0.1) is 5.10 Å².